The normalized spacial score (nSPS) is 11.0. The molecule has 0 saturated carbocycles. The molecule has 0 saturated heterocycles. The number of halogens is 3. The Bertz CT molecular complexity index is 1250. The Morgan fingerprint density at radius 3 is 2.05 bits per heavy atom. The van der Waals surface area contributed by atoms with Crippen LogP contribution >= 0.6 is 23.2 Å². The van der Waals surface area contributed by atoms with Gasteiger partial charge in [-0.05, 0) is 73.0 Å². The molecule has 222 valence electrons. The second kappa shape index (κ2) is 17.6. The van der Waals surface area contributed by atoms with Gasteiger partial charge in [0, 0.05) is 11.6 Å². The van der Waals surface area contributed by atoms with Crippen molar-refractivity contribution >= 4 is 40.8 Å². The van der Waals surface area contributed by atoms with Crippen molar-refractivity contribution in [1.29, 1.82) is 0 Å². The Morgan fingerprint density at radius 1 is 0.780 bits per heavy atom. The van der Waals surface area contributed by atoms with Gasteiger partial charge in [0.25, 0.3) is 0 Å². The predicted octanol–water partition coefficient (Wildman–Crippen LogP) is 4.49. The van der Waals surface area contributed by atoms with Crippen LogP contribution in [0.1, 0.15) is 54.4 Å². The van der Waals surface area contributed by atoms with Gasteiger partial charge in [-0.25, -0.2) is 4.79 Å². The van der Waals surface area contributed by atoms with Crippen LogP contribution in [0, 0.1) is 0 Å². The summed E-state index contributed by atoms with van der Waals surface area (Å²) in [5, 5.41) is 3.73. The summed E-state index contributed by atoms with van der Waals surface area (Å²) >= 11 is 12.0. The predicted molar refractivity (Wildman–Crippen MR) is 164 cm³/mol. The minimum atomic E-state index is -0.565. The first-order valence-electron chi connectivity index (χ1n) is 13.7. The highest BCUT2D eigenvalue weighted by atomic mass is 127. The lowest BCUT2D eigenvalue weighted by Gasteiger charge is -2.23. The zero-order chi connectivity index (χ0) is 29.0. The van der Waals surface area contributed by atoms with Crippen LogP contribution in [0.2, 0.25) is 10.0 Å². The minimum Gasteiger partial charge on any atom is -1.00 e. The molecule has 0 radical (unpaired) electrons. The van der Waals surface area contributed by atoms with Crippen molar-refractivity contribution in [2.75, 3.05) is 34.3 Å². The quantitative estimate of drug-likeness (QED) is 0.0830. The molecule has 3 aromatic carbocycles. The molecule has 0 spiro atoms. The molecule has 0 aromatic heterocycles. The highest BCUT2D eigenvalue weighted by Crippen LogP contribution is 2.24. The number of quaternary nitrogens is 1. The fraction of sp³-hybridized carbons (Fsp3) is 0.375. The number of benzene rings is 3. The van der Waals surface area contributed by atoms with Crippen molar-refractivity contribution in [3.63, 3.8) is 0 Å². The third-order valence-corrected chi connectivity index (χ3v) is 6.98. The number of hydrogen-bond donors (Lipinski definition) is 1. The topological polar surface area (TPSA) is 64.6 Å². The van der Waals surface area contributed by atoms with Gasteiger partial charge in [0.05, 0.1) is 44.8 Å². The number of ether oxygens (including phenoxy) is 2. The van der Waals surface area contributed by atoms with Crippen molar-refractivity contribution < 1.29 is 43.0 Å². The third kappa shape index (κ3) is 12.6. The summed E-state index contributed by atoms with van der Waals surface area (Å²) in [6.07, 6.45) is 6.83. The molecule has 1 amide bonds. The van der Waals surface area contributed by atoms with E-state index in [1.807, 2.05) is 12.1 Å². The molecule has 0 heterocycles. The molecule has 0 atom stereocenters. The third-order valence-electron chi connectivity index (χ3n) is 6.42. The number of hydrogen-bond acceptors (Lipinski definition) is 4. The Kier molecular flexibility index (Phi) is 15.0. The summed E-state index contributed by atoms with van der Waals surface area (Å²) in [6, 6.07) is 19.8. The van der Waals surface area contributed by atoms with Gasteiger partial charge < -0.3 is 38.8 Å². The second-order valence-corrected chi connectivity index (χ2v) is 11.5. The van der Waals surface area contributed by atoms with Gasteiger partial charge in [0.15, 0.2) is 0 Å². The van der Waals surface area contributed by atoms with Crippen LogP contribution in [-0.2, 0) is 11.2 Å². The first-order valence-corrected chi connectivity index (χ1v) is 14.4. The molecule has 41 heavy (non-hydrogen) atoms. The van der Waals surface area contributed by atoms with Gasteiger partial charge in [0.1, 0.15) is 17.2 Å². The van der Waals surface area contributed by atoms with Crippen LogP contribution < -0.4 is 43.3 Å². The fourth-order valence-electron chi connectivity index (χ4n) is 4.08. The maximum Gasteiger partial charge on any atom is 0.345 e. The van der Waals surface area contributed by atoms with Crippen molar-refractivity contribution in [3.8, 4) is 11.5 Å². The molecule has 1 N–H and O–H groups in total. The second-order valence-electron chi connectivity index (χ2n) is 10.7. The molecule has 9 heteroatoms. The first-order chi connectivity index (χ1) is 19.1. The lowest BCUT2D eigenvalue weighted by atomic mass is 10.1. The lowest BCUT2D eigenvalue weighted by Crippen LogP contribution is -3.00. The van der Waals surface area contributed by atoms with Crippen LogP contribution in [0.3, 0.4) is 0 Å². The van der Waals surface area contributed by atoms with E-state index in [1.165, 1.54) is 11.8 Å². The van der Waals surface area contributed by atoms with E-state index < -0.39 is 5.97 Å². The van der Waals surface area contributed by atoms with Crippen LogP contribution in [0.4, 0.5) is 5.69 Å². The first kappa shape index (κ1) is 34.9. The molecular weight excluding hydrogens is 674 g/mol. The molecule has 0 bridgehead atoms. The van der Waals surface area contributed by atoms with Crippen molar-refractivity contribution in [2.45, 2.75) is 44.9 Å². The van der Waals surface area contributed by atoms with E-state index in [4.69, 9.17) is 32.7 Å². The van der Waals surface area contributed by atoms with Crippen LogP contribution in [0.15, 0.2) is 66.7 Å². The number of carbonyl (C=O) groups is 2. The molecule has 0 aliphatic rings. The Labute approximate surface area is 270 Å². The Morgan fingerprint density at radius 2 is 1.39 bits per heavy atom. The van der Waals surface area contributed by atoms with E-state index in [9.17, 15) is 9.59 Å². The van der Waals surface area contributed by atoms with E-state index in [2.05, 4.69) is 38.6 Å². The number of nitrogens with one attached hydrogen (secondary N) is 1. The van der Waals surface area contributed by atoms with Crippen LogP contribution in [-0.4, -0.2) is 46.2 Å². The van der Waals surface area contributed by atoms with Gasteiger partial charge in [0.2, 0.25) is 5.91 Å². The summed E-state index contributed by atoms with van der Waals surface area (Å²) in [5.41, 5.74) is 2.47. The van der Waals surface area contributed by atoms with Crippen molar-refractivity contribution in [3.05, 3.63) is 87.9 Å². The number of rotatable bonds is 15. The van der Waals surface area contributed by atoms with E-state index in [0.29, 0.717) is 23.8 Å². The molecular formula is C32H39Cl2IN2O4. The Balaban J connectivity index is 0.00000588. The number of carbonyl (C=O) groups excluding carboxylic acids is 2. The average molecular weight is 713 g/mol. The summed E-state index contributed by atoms with van der Waals surface area (Å²) in [6.45, 7) is 1.35. The van der Waals surface area contributed by atoms with E-state index in [0.717, 1.165) is 60.9 Å². The van der Waals surface area contributed by atoms with E-state index >= 15 is 0 Å². The van der Waals surface area contributed by atoms with Gasteiger partial charge >= 0.3 is 5.97 Å². The SMILES string of the molecule is C[N+](C)(C)c1ccc(CC(=O)NCCCCCCCCOc2ccc(OC(=O)c3cc(Cl)ccc3Cl)cc2)cc1.[I-]. The van der Waals surface area contributed by atoms with Crippen molar-refractivity contribution in [2.24, 2.45) is 0 Å². The zero-order valence-corrected chi connectivity index (χ0v) is 27.6. The number of esters is 1. The summed E-state index contributed by atoms with van der Waals surface area (Å²) < 4.78 is 11.9. The standard InChI is InChI=1S/C32H38Cl2N2O4.HI/c1-36(2,3)26-13-10-24(11-14-26)22-31(37)35-20-8-6-4-5-7-9-21-39-27-15-17-28(18-16-27)40-32(38)29-23-25(33)12-19-30(29)34;/h10-19,23H,4-9,20-22H2,1-3H3;1H. The molecule has 0 unspecified atom stereocenters. The van der Waals surface area contributed by atoms with Gasteiger partial charge in [-0.3, -0.25) is 9.28 Å². The largest absolute Gasteiger partial charge is 1.00 e. The maximum absolute atomic E-state index is 12.3. The minimum absolute atomic E-state index is 0. The molecule has 0 aliphatic carbocycles. The highest BCUT2D eigenvalue weighted by molar-refractivity contribution is 6.35. The number of unbranched alkanes of at least 4 members (excludes halogenated alkanes) is 5. The highest BCUT2D eigenvalue weighted by Gasteiger charge is 2.14. The van der Waals surface area contributed by atoms with Crippen LogP contribution in [0.5, 0.6) is 11.5 Å². The number of amides is 1. The van der Waals surface area contributed by atoms with Gasteiger partial charge in [-0.15, -0.1) is 0 Å². The van der Waals surface area contributed by atoms with Gasteiger partial charge in [-0.1, -0.05) is 61.0 Å². The van der Waals surface area contributed by atoms with Crippen LogP contribution in [0.25, 0.3) is 0 Å². The Hall–Kier alpha value is -2.33. The van der Waals surface area contributed by atoms with E-state index in [-0.39, 0.29) is 40.5 Å². The number of nitrogens with zero attached hydrogens (tertiary/aromatic N) is 1. The van der Waals surface area contributed by atoms with E-state index in [1.54, 1.807) is 36.4 Å². The monoisotopic (exact) mass is 712 g/mol. The molecule has 0 fully saturated rings. The zero-order valence-electron chi connectivity index (χ0n) is 23.9. The summed E-state index contributed by atoms with van der Waals surface area (Å²) in [5.74, 6) is 0.635. The van der Waals surface area contributed by atoms with Crippen molar-refractivity contribution in [1.82, 2.24) is 9.80 Å². The summed E-state index contributed by atoms with van der Waals surface area (Å²) in [7, 11) is 6.38. The molecule has 6 nitrogen and oxygen atoms in total. The van der Waals surface area contributed by atoms with Gasteiger partial charge in [-0.2, -0.15) is 0 Å². The average Bonchev–Trinajstić information content (AvgIpc) is 2.91. The smallest absolute Gasteiger partial charge is 0.345 e. The molecule has 3 rings (SSSR count). The fourth-order valence-corrected chi connectivity index (χ4v) is 4.45. The molecule has 3 aromatic rings. The maximum atomic E-state index is 12.3. The lowest BCUT2D eigenvalue weighted by molar-refractivity contribution is -0.120. The summed E-state index contributed by atoms with van der Waals surface area (Å²) in [4.78, 5) is 24.6. The molecule has 0 aliphatic heterocycles.